The predicted octanol–water partition coefficient (Wildman–Crippen LogP) is 3.00. The number of imide groups is 1. The number of carbonyl (C=O) groups excluding carboxylic acids is 3. The van der Waals surface area contributed by atoms with E-state index in [4.69, 9.17) is 0 Å². The summed E-state index contributed by atoms with van der Waals surface area (Å²) < 4.78 is 0. The van der Waals surface area contributed by atoms with Crippen molar-refractivity contribution in [3.63, 3.8) is 0 Å². The zero-order valence-corrected chi connectivity index (χ0v) is 14.3. The molecule has 3 amide bonds. The first-order valence-corrected chi connectivity index (χ1v) is 8.78. The molecule has 0 radical (unpaired) electrons. The average molecular weight is 328 g/mol. The molecule has 0 unspecified atom stereocenters. The second-order valence-electron chi connectivity index (χ2n) is 7.18. The van der Waals surface area contributed by atoms with Crippen molar-refractivity contribution in [2.24, 2.45) is 5.92 Å². The third kappa shape index (κ3) is 3.21. The summed E-state index contributed by atoms with van der Waals surface area (Å²) >= 11 is 0. The van der Waals surface area contributed by atoms with Gasteiger partial charge in [-0.05, 0) is 37.0 Å². The topological polar surface area (TPSA) is 66.5 Å². The maximum absolute atomic E-state index is 12.5. The lowest BCUT2D eigenvalue weighted by atomic mass is 9.95. The van der Waals surface area contributed by atoms with E-state index in [2.05, 4.69) is 5.32 Å². The molecule has 1 aromatic rings. The van der Waals surface area contributed by atoms with Gasteiger partial charge >= 0.3 is 0 Å². The molecule has 0 spiro atoms. The molecule has 0 saturated heterocycles. The minimum Gasteiger partial charge on any atom is -0.349 e. The molecule has 0 aromatic heterocycles. The lowest BCUT2D eigenvalue weighted by Gasteiger charge is -2.22. The Labute approximate surface area is 142 Å². The van der Waals surface area contributed by atoms with Gasteiger partial charge in [0.15, 0.2) is 0 Å². The molecule has 1 aliphatic carbocycles. The fourth-order valence-corrected chi connectivity index (χ4v) is 3.48. The van der Waals surface area contributed by atoms with Crippen molar-refractivity contribution in [2.45, 2.75) is 52.0 Å². The summed E-state index contributed by atoms with van der Waals surface area (Å²) in [6.07, 6.45) is 5.54. The Kier molecular flexibility index (Phi) is 4.69. The molecule has 2 aliphatic rings. The SMILES string of the molecule is CC(C)CN1C(=O)c2ccc(C(=O)NC3CCCCC3)cc2C1=O. The van der Waals surface area contributed by atoms with Crippen LogP contribution in [0.15, 0.2) is 18.2 Å². The number of carbonyl (C=O) groups is 3. The smallest absolute Gasteiger partial charge is 0.261 e. The van der Waals surface area contributed by atoms with Crippen LogP contribution in [0, 0.1) is 5.92 Å². The van der Waals surface area contributed by atoms with Crippen LogP contribution >= 0.6 is 0 Å². The van der Waals surface area contributed by atoms with E-state index in [1.54, 1.807) is 18.2 Å². The molecule has 3 rings (SSSR count). The van der Waals surface area contributed by atoms with E-state index in [-0.39, 0.29) is 29.7 Å². The van der Waals surface area contributed by atoms with Crippen LogP contribution in [0.3, 0.4) is 0 Å². The van der Waals surface area contributed by atoms with E-state index in [1.807, 2.05) is 13.8 Å². The molecule has 1 fully saturated rings. The Morgan fingerprint density at radius 3 is 2.46 bits per heavy atom. The number of amides is 3. The van der Waals surface area contributed by atoms with Gasteiger partial charge in [0.1, 0.15) is 0 Å². The first-order chi connectivity index (χ1) is 11.5. The molecule has 1 aromatic carbocycles. The monoisotopic (exact) mass is 328 g/mol. The summed E-state index contributed by atoms with van der Waals surface area (Å²) in [6.45, 7) is 4.33. The highest BCUT2D eigenvalue weighted by atomic mass is 16.2. The van der Waals surface area contributed by atoms with Gasteiger partial charge in [0.05, 0.1) is 11.1 Å². The van der Waals surface area contributed by atoms with Gasteiger partial charge in [0.2, 0.25) is 0 Å². The van der Waals surface area contributed by atoms with Gasteiger partial charge in [-0.1, -0.05) is 33.1 Å². The first kappa shape index (κ1) is 16.7. The van der Waals surface area contributed by atoms with Gasteiger partial charge in [-0.25, -0.2) is 0 Å². The molecular formula is C19H24N2O3. The average Bonchev–Trinajstić information content (AvgIpc) is 2.80. The zero-order chi connectivity index (χ0) is 17.3. The lowest BCUT2D eigenvalue weighted by molar-refractivity contribution is 0.0636. The summed E-state index contributed by atoms with van der Waals surface area (Å²) in [6, 6.07) is 5.02. The molecule has 24 heavy (non-hydrogen) atoms. The van der Waals surface area contributed by atoms with E-state index in [1.165, 1.54) is 11.3 Å². The van der Waals surface area contributed by atoms with E-state index in [9.17, 15) is 14.4 Å². The maximum atomic E-state index is 12.5. The quantitative estimate of drug-likeness (QED) is 0.864. The van der Waals surface area contributed by atoms with Gasteiger partial charge in [0, 0.05) is 18.2 Å². The van der Waals surface area contributed by atoms with Gasteiger partial charge in [-0.3, -0.25) is 19.3 Å². The van der Waals surface area contributed by atoms with Gasteiger partial charge in [0.25, 0.3) is 17.7 Å². The summed E-state index contributed by atoms with van der Waals surface area (Å²) in [7, 11) is 0. The molecule has 5 heteroatoms. The fourth-order valence-electron chi connectivity index (χ4n) is 3.48. The highest BCUT2D eigenvalue weighted by Gasteiger charge is 2.36. The zero-order valence-electron chi connectivity index (χ0n) is 14.3. The lowest BCUT2D eigenvalue weighted by Crippen LogP contribution is -2.36. The number of benzene rings is 1. The highest BCUT2D eigenvalue weighted by Crippen LogP contribution is 2.25. The van der Waals surface area contributed by atoms with E-state index in [0.29, 0.717) is 23.2 Å². The third-order valence-electron chi connectivity index (χ3n) is 4.72. The van der Waals surface area contributed by atoms with Crippen molar-refractivity contribution >= 4 is 17.7 Å². The van der Waals surface area contributed by atoms with Crippen molar-refractivity contribution in [1.29, 1.82) is 0 Å². The fraction of sp³-hybridized carbons (Fsp3) is 0.526. The predicted molar refractivity (Wildman–Crippen MR) is 91.0 cm³/mol. The van der Waals surface area contributed by atoms with Gasteiger partial charge in [-0.2, -0.15) is 0 Å². The summed E-state index contributed by atoms with van der Waals surface area (Å²) in [5.41, 5.74) is 1.19. The number of hydrogen-bond donors (Lipinski definition) is 1. The Hall–Kier alpha value is -2.17. The first-order valence-electron chi connectivity index (χ1n) is 8.78. The van der Waals surface area contributed by atoms with Crippen molar-refractivity contribution in [2.75, 3.05) is 6.54 Å². The second kappa shape index (κ2) is 6.75. The van der Waals surface area contributed by atoms with Crippen LogP contribution in [-0.4, -0.2) is 35.2 Å². The molecular weight excluding hydrogens is 304 g/mol. The largest absolute Gasteiger partial charge is 0.349 e. The molecule has 1 heterocycles. The Morgan fingerprint density at radius 2 is 1.79 bits per heavy atom. The normalized spacial score (nSPS) is 18.2. The van der Waals surface area contributed by atoms with E-state index < -0.39 is 0 Å². The van der Waals surface area contributed by atoms with Gasteiger partial charge < -0.3 is 5.32 Å². The second-order valence-corrected chi connectivity index (χ2v) is 7.18. The van der Waals surface area contributed by atoms with Crippen LogP contribution in [0.25, 0.3) is 0 Å². The molecule has 0 atom stereocenters. The van der Waals surface area contributed by atoms with Crippen molar-refractivity contribution in [1.82, 2.24) is 10.2 Å². The molecule has 1 aliphatic heterocycles. The Balaban J connectivity index is 1.77. The van der Waals surface area contributed by atoms with Crippen LogP contribution in [0.1, 0.15) is 77.0 Å². The number of nitrogens with one attached hydrogen (secondary N) is 1. The molecule has 5 nitrogen and oxygen atoms in total. The highest BCUT2D eigenvalue weighted by molar-refractivity contribution is 6.22. The molecule has 1 N–H and O–H groups in total. The number of nitrogens with zero attached hydrogens (tertiary/aromatic N) is 1. The molecule has 128 valence electrons. The van der Waals surface area contributed by atoms with E-state index >= 15 is 0 Å². The minimum atomic E-state index is -0.295. The third-order valence-corrected chi connectivity index (χ3v) is 4.72. The Morgan fingerprint density at radius 1 is 1.12 bits per heavy atom. The van der Waals surface area contributed by atoms with Crippen molar-refractivity contribution < 1.29 is 14.4 Å². The van der Waals surface area contributed by atoms with Crippen LogP contribution in [-0.2, 0) is 0 Å². The van der Waals surface area contributed by atoms with E-state index in [0.717, 1.165) is 25.7 Å². The number of rotatable bonds is 4. The van der Waals surface area contributed by atoms with Crippen LogP contribution in [0.4, 0.5) is 0 Å². The van der Waals surface area contributed by atoms with Crippen LogP contribution in [0.5, 0.6) is 0 Å². The molecule has 0 bridgehead atoms. The summed E-state index contributed by atoms with van der Waals surface area (Å²) in [4.78, 5) is 38.5. The number of hydrogen-bond acceptors (Lipinski definition) is 3. The van der Waals surface area contributed by atoms with Crippen molar-refractivity contribution in [3.05, 3.63) is 34.9 Å². The number of fused-ring (bicyclic) bond motifs is 1. The van der Waals surface area contributed by atoms with Crippen LogP contribution in [0.2, 0.25) is 0 Å². The van der Waals surface area contributed by atoms with Crippen LogP contribution < -0.4 is 5.32 Å². The maximum Gasteiger partial charge on any atom is 0.261 e. The summed E-state index contributed by atoms with van der Waals surface area (Å²) in [5.74, 6) is -0.507. The van der Waals surface area contributed by atoms with Gasteiger partial charge in [-0.15, -0.1) is 0 Å². The van der Waals surface area contributed by atoms with Crippen molar-refractivity contribution in [3.8, 4) is 0 Å². The summed E-state index contributed by atoms with van der Waals surface area (Å²) in [5, 5.41) is 3.05. The Bertz CT molecular complexity index is 675. The standard InChI is InChI=1S/C19H24N2O3/c1-12(2)11-21-18(23)15-9-8-13(10-16(15)19(21)24)17(22)20-14-6-4-3-5-7-14/h8-10,12,14H,3-7,11H2,1-2H3,(H,20,22). The minimum absolute atomic E-state index is 0.160. The molecule has 1 saturated carbocycles.